The molecule has 0 aliphatic carbocycles. The molecule has 0 fully saturated rings. The lowest BCUT2D eigenvalue weighted by atomic mass is 10.1. The SMILES string of the molecule is CCOC(=O)c1cccc(NC(=O)c2ccc(/C=N/OC)cc2)c1. The molecule has 0 bridgehead atoms. The first-order valence-electron chi connectivity index (χ1n) is 7.39. The van der Waals surface area contributed by atoms with Gasteiger partial charge in [0.25, 0.3) is 5.91 Å². The van der Waals surface area contributed by atoms with Gasteiger partial charge in [-0.15, -0.1) is 0 Å². The number of nitrogens with one attached hydrogen (secondary N) is 1. The second-order valence-electron chi connectivity index (χ2n) is 4.79. The van der Waals surface area contributed by atoms with Crippen LogP contribution in [0.5, 0.6) is 0 Å². The lowest BCUT2D eigenvalue weighted by molar-refractivity contribution is 0.0526. The highest BCUT2D eigenvalue weighted by atomic mass is 16.6. The fourth-order valence-corrected chi connectivity index (χ4v) is 1.98. The van der Waals surface area contributed by atoms with Crippen molar-refractivity contribution in [2.24, 2.45) is 5.16 Å². The molecule has 1 N–H and O–H groups in total. The van der Waals surface area contributed by atoms with Crippen LogP contribution in [0.2, 0.25) is 0 Å². The summed E-state index contributed by atoms with van der Waals surface area (Å²) in [6, 6.07) is 13.5. The highest BCUT2D eigenvalue weighted by Gasteiger charge is 2.09. The molecule has 0 heterocycles. The Morgan fingerprint density at radius 2 is 1.88 bits per heavy atom. The predicted octanol–water partition coefficient (Wildman–Crippen LogP) is 3.10. The molecule has 2 aromatic carbocycles. The molecule has 1 amide bonds. The summed E-state index contributed by atoms with van der Waals surface area (Å²) in [5.74, 6) is -0.693. The van der Waals surface area contributed by atoms with Crippen LogP contribution in [0.1, 0.15) is 33.2 Å². The highest BCUT2D eigenvalue weighted by Crippen LogP contribution is 2.13. The van der Waals surface area contributed by atoms with Crippen molar-refractivity contribution in [3.63, 3.8) is 0 Å². The van der Waals surface area contributed by atoms with Gasteiger partial charge in [0, 0.05) is 11.3 Å². The van der Waals surface area contributed by atoms with Gasteiger partial charge in [-0.05, 0) is 42.8 Å². The fourth-order valence-electron chi connectivity index (χ4n) is 1.98. The van der Waals surface area contributed by atoms with E-state index >= 15 is 0 Å². The zero-order chi connectivity index (χ0) is 17.4. The Morgan fingerprint density at radius 3 is 2.54 bits per heavy atom. The van der Waals surface area contributed by atoms with Gasteiger partial charge in [-0.2, -0.15) is 0 Å². The Balaban J connectivity index is 2.08. The number of esters is 1. The van der Waals surface area contributed by atoms with Crippen molar-refractivity contribution in [1.29, 1.82) is 0 Å². The van der Waals surface area contributed by atoms with E-state index < -0.39 is 5.97 Å². The minimum absolute atomic E-state index is 0.272. The number of ether oxygens (including phenoxy) is 1. The molecule has 0 aliphatic rings. The number of hydrogen-bond acceptors (Lipinski definition) is 5. The van der Waals surface area contributed by atoms with E-state index in [9.17, 15) is 9.59 Å². The van der Waals surface area contributed by atoms with E-state index in [0.717, 1.165) is 5.56 Å². The average Bonchev–Trinajstić information content (AvgIpc) is 2.61. The molecule has 0 unspecified atom stereocenters. The first-order valence-corrected chi connectivity index (χ1v) is 7.39. The predicted molar refractivity (Wildman–Crippen MR) is 91.4 cm³/mol. The Morgan fingerprint density at radius 1 is 1.12 bits per heavy atom. The Labute approximate surface area is 140 Å². The van der Waals surface area contributed by atoms with Crippen molar-refractivity contribution < 1.29 is 19.2 Å². The molecule has 6 heteroatoms. The van der Waals surface area contributed by atoms with Crippen molar-refractivity contribution in [3.05, 3.63) is 65.2 Å². The zero-order valence-corrected chi connectivity index (χ0v) is 13.5. The topological polar surface area (TPSA) is 77.0 Å². The average molecular weight is 326 g/mol. The Bertz CT molecular complexity index is 739. The van der Waals surface area contributed by atoms with Crippen molar-refractivity contribution in [3.8, 4) is 0 Å². The van der Waals surface area contributed by atoms with E-state index in [1.807, 2.05) is 0 Å². The molecule has 24 heavy (non-hydrogen) atoms. The van der Waals surface area contributed by atoms with Gasteiger partial charge in [0.1, 0.15) is 7.11 Å². The molecule has 0 aliphatic heterocycles. The van der Waals surface area contributed by atoms with E-state index in [4.69, 9.17) is 4.74 Å². The lowest BCUT2D eigenvalue weighted by Crippen LogP contribution is -2.12. The second kappa shape index (κ2) is 8.47. The summed E-state index contributed by atoms with van der Waals surface area (Å²) < 4.78 is 4.94. The molecule has 124 valence electrons. The fraction of sp³-hybridized carbons (Fsp3) is 0.167. The van der Waals surface area contributed by atoms with Crippen LogP contribution in [0.15, 0.2) is 53.7 Å². The maximum Gasteiger partial charge on any atom is 0.338 e. The number of rotatable bonds is 6. The van der Waals surface area contributed by atoms with Crippen molar-refractivity contribution in [2.45, 2.75) is 6.92 Å². The van der Waals surface area contributed by atoms with Crippen LogP contribution >= 0.6 is 0 Å². The quantitative estimate of drug-likeness (QED) is 0.503. The number of benzene rings is 2. The monoisotopic (exact) mass is 326 g/mol. The maximum absolute atomic E-state index is 12.3. The van der Waals surface area contributed by atoms with E-state index in [1.165, 1.54) is 7.11 Å². The minimum atomic E-state index is -0.421. The molecule has 0 atom stereocenters. The van der Waals surface area contributed by atoms with Gasteiger partial charge >= 0.3 is 5.97 Å². The van der Waals surface area contributed by atoms with E-state index in [1.54, 1.807) is 61.7 Å². The number of hydrogen-bond donors (Lipinski definition) is 1. The van der Waals surface area contributed by atoms with Gasteiger partial charge in [0.15, 0.2) is 0 Å². The second-order valence-corrected chi connectivity index (χ2v) is 4.79. The van der Waals surface area contributed by atoms with Crippen molar-refractivity contribution in [1.82, 2.24) is 0 Å². The molecule has 0 aromatic heterocycles. The molecule has 0 saturated carbocycles. The summed E-state index contributed by atoms with van der Waals surface area (Å²) >= 11 is 0. The van der Waals surface area contributed by atoms with Gasteiger partial charge in [-0.25, -0.2) is 4.79 Å². The highest BCUT2D eigenvalue weighted by molar-refractivity contribution is 6.05. The van der Waals surface area contributed by atoms with Gasteiger partial charge in [-0.1, -0.05) is 23.4 Å². The first kappa shape index (κ1) is 17.2. The van der Waals surface area contributed by atoms with E-state index in [-0.39, 0.29) is 5.91 Å². The van der Waals surface area contributed by atoms with Crippen LogP contribution in [0.3, 0.4) is 0 Å². The molecule has 0 spiro atoms. The third-order valence-corrected chi connectivity index (χ3v) is 3.11. The molecular weight excluding hydrogens is 308 g/mol. The number of nitrogens with zero attached hydrogens (tertiary/aromatic N) is 1. The van der Waals surface area contributed by atoms with Gasteiger partial charge in [-0.3, -0.25) is 4.79 Å². The summed E-state index contributed by atoms with van der Waals surface area (Å²) in [5, 5.41) is 6.41. The smallest absolute Gasteiger partial charge is 0.338 e. The molecule has 0 saturated heterocycles. The van der Waals surface area contributed by atoms with Crippen LogP contribution in [-0.2, 0) is 9.57 Å². The third kappa shape index (κ3) is 4.67. The maximum atomic E-state index is 12.3. The Hall–Kier alpha value is -3.15. The summed E-state index contributed by atoms with van der Waals surface area (Å²) in [6.07, 6.45) is 1.55. The minimum Gasteiger partial charge on any atom is -0.462 e. The normalized spacial score (nSPS) is 10.4. The first-order chi connectivity index (χ1) is 11.6. The summed E-state index contributed by atoms with van der Waals surface area (Å²) in [7, 11) is 1.46. The van der Waals surface area contributed by atoms with E-state index in [0.29, 0.717) is 23.4 Å². The number of oxime groups is 1. The van der Waals surface area contributed by atoms with Gasteiger partial charge < -0.3 is 14.9 Å². The summed E-state index contributed by atoms with van der Waals surface area (Å²) in [5.41, 5.74) is 2.22. The van der Waals surface area contributed by atoms with Crippen LogP contribution in [0, 0.1) is 0 Å². The molecule has 6 nitrogen and oxygen atoms in total. The van der Waals surface area contributed by atoms with E-state index in [2.05, 4.69) is 15.3 Å². The molecule has 2 rings (SSSR count). The third-order valence-electron chi connectivity index (χ3n) is 3.11. The largest absolute Gasteiger partial charge is 0.462 e. The number of carbonyl (C=O) groups is 2. The van der Waals surface area contributed by atoms with Crippen LogP contribution < -0.4 is 5.32 Å². The lowest BCUT2D eigenvalue weighted by Gasteiger charge is -2.07. The standard InChI is InChI=1S/C18H18N2O4/c1-3-24-18(22)15-5-4-6-16(11-15)20-17(21)14-9-7-13(8-10-14)12-19-23-2/h4-12H,3H2,1-2H3,(H,20,21)/b19-12+. The van der Waals surface area contributed by atoms with Crippen LogP contribution in [-0.4, -0.2) is 31.8 Å². The van der Waals surface area contributed by atoms with Crippen molar-refractivity contribution in [2.75, 3.05) is 19.0 Å². The molecule has 2 aromatic rings. The zero-order valence-electron chi connectivity index (χ0n) is 13.5. The number of anilines is 1. The number of carbonyl (C=O) groups excluding carboxylic acids is 2. The summed E-state index contributed by atoms with van der Waals surface area (Å²) in [4.78, 5) is 28.6. The van der Waals surface area contributed by atoms with Crippen molar-refractivity contribution >= 4 is 23.8 Å². The number of amides is 1. The summed E-state index contributed by atoms with van der Waals surface area (Å²) in [6.45, 7) is 2.04. The Kier molecular flexibility index (Phi) is 6.08. The molecular formula is C18H18N2O4. The van der Waals surface area contributed by atoms with Crippen LogP contribution in [0.4, 0.5) is 5.69 Å². The van der Waals surface area contributed by atoms with Crippen LogP contribution in [0.25, 0.3) is 0 Å². The molecule has 0 radical (unpaired) electrons. The van der Waals surface area contributed by atoms with Gasteiger partial charge in [0.05, 0.1) is 18.4 Å². The van der Waals surface area contributed by atoms with Gasteiger partial charge in [0.2, 0.25) is 0 Å².